The molecule has 1 amide bonds. The van der Waals surface area contributed by atoms with Crippen LogP contribution in [0.1, 0.15) is 12.8 Å². The third-order valence-electron chi connectivity index (χ3n) is 3.53. The lowest BCUT2D eigenvalue weighted by molar-refractivity contribution is -0.121. The molecule has 0 radical (unpaired) electrons. The Kier molecular flexibility index (Phi) is 4.79. The number of likely N-dealkylation sites (N-methyl/N-ethyl adjacent to an activating group) is 1. The van der Waals surface area contributed by atoms with Crippen LogP contribution in [-0.2, 0) is 11.3 Å². The molecule has 0 aromatic carbocycles. The molecule has 2 N–H and O–H groups in total. The lowest BCUT2D eigenvalue weighted by atomic mass is 9.98. The van der Waals surface area contributed by atoms with Gasteiger partial charge in [-0.3, -0.25) is 9.48 Å². The number of rotatable bonds is 5. The predicted molar refractivity (Wildman–Crippen MR) is 75.0 cm³/mol. The Morgan fingerprint density at radius 3 is 3.16 bits per heavy atom. The fourth-order valence-electron chi connectivity index (χ4n) is 2.47. The van der Waals surface area contributed by atoms with Crippen LogP contribution in [-0.4, -0.2) is 54.3 Å². The van der Waals surface area contributed by atoms with Gasteiger partial charge in [0.05, 0.1) is 11.9 Å². The summed E-state index contributed by atoms with van der Waals surface area (Å²) in [5, 5.41) is 10.2. The van der Waals surface area contributed by atoms with Crippen LogP contribution in [0.15, 0.2) is 12.4 Å². The molecule has 1 unspecified atom stereocenters. The smallest absolute Gasteiger partial charge is 0.241 e. The largest absolute Gasteiger partial charge is 0.382 e. The lowest BCUT2D eigenvalue weighted by Crippen LogP contribution is -2.35. The lowest BCUT2D eigenvalue weighted by Gasteiger charge is -2.29. The molecule has 1 saturated heterocycles. The van der Waals surface area contributed by atoms with E-state index >= 15 is 0 Å². The molecule has 6 heteroatoms. The van der Waals surface area contributed by atoms with E-state index in [0.29, 0.717) is 5.92 Å². The van der Waals surface area contributed by atoms with Gasteiger partial charge in [-0.05, 0) is 32.4 Å². The number of aromatic nitrogens is 2. The first-order valence-electron chi connectivity index (χ1n) is 6.83. The van der Waals surface area contributed by atoms with Crippen LogP contribution < -0.4 is 10.6 Å². The third kappa shape index (κ3) is 4.24. The van der Waals surface area contributed by atoms with Gasteiger partial charge in [0.25, 0.3) is 0 Å². The van der Waals surface area contributed by atoms with Crippen LogP contribution in [0.5, 0.6) is 0 Å². The normalized spacial score (nSPS) is 20.2. The summed E-state index contributed by atoms with van der Waals surface area (Å²) >= 11 is 0. The zero-order chi connectivity index (χ0) is 13.7. The number of hydrogen-bond acceptors (Lipinski definition) is 4. The number of nitrogens with one attached hydrogen (secondary N) is 2. The van der Waals surface area contributed by atoms with Gasteiger partial charge in [0.2, 0.25) is 5.91 Å². The molecule has 0 spiro atoms. The second-order valence-corrected chi connectivity index (χ2v) is 5.25. The first-order chi connectivity index (χ1) is 9.17. The van der Waals surface area contributed by atoms with Crippen molar-refractivity contribution in [2.75, 3.05) is 39.0 Å². The average Bonchev–Trinajstić information content (AvgIpc) is 2.84. The summed E-state index contributed by atoms with van der Waals surface area (Å²) < 4.78 is 1.65. The second-order valence-electron chi connectivity index (χ2n) is 5.25. The van der Waals surface area contributed by atoms with E-state index in [2.05, 4.69) is 27.7 Å². The number of anilines is 1. The minimum Gasteiger partial charge on any atom is -0.382 e. The van der Waals surface area contributed by atoms with Crippen LogP contribution in [0.2, 0.25) is 0 Å². The topological polar surface area (TPSA) is 62.2 Å². The molecule has 0 saturated carbocycles. The number of hydrogen-bond donors (Lipinski definition) is 2. The number of carbonyl (C=O) groups excluding carboxylic acids is 1. The highest BCUT2D eigenvalue weighted by Gasteiger charge is 2.16. The number of likely N-dealkylation sites (tertiary alicyclic amines) is 1. The molecular weight excluding hydrogens is 242 g/mol. The van der Waals surface area contributed by atoms with Crippen molar-refractivity contribution in [3.05, 3.63) is 12.4 Å². The Labute approximate surface area is 114 Å². The maximum absolute atomic E-state index is 11.2. The van der Waals surface area contributed by atoms with Gasteiger partial charge >= 0.3 is 0 Å². The fraction of sp³-hybridized carbons (Fsp3) is 0.692. The molecule has 1 aliphatic rings. The van der Waals surface area contributed by atoms with Gasteiger partial charge in [-0.15, -0.1) is 0 Å². The predicted octanol–water partition coefficient (Wildman–Crippen LogP) is 0.383. The van der Waals surface area contributed by atoms with E-state index in [9.17, 15) is 4.79 Å². The molecule has 1 aliphatic heterocycles. The summed E-state index contributed by atoms with van der Waals surface area (Å²) in [5.41, 5.74) is 0.983. The van der Waals surface area contributed by atoms with Gasteiger partial charge in [0.1, 0.15) is 6.54 Å². The Bertz CT molecular complexity index is 417. The van der Waals surface area contributed by atoms with Gasteiger partial charge in [-0.1, -0.05) is 0 Å². The third-order valence-corrected chi connectivity index (χ3v) is 3.53. The molecule has 2 rings (SSSR count). The first kappa shape index (κ1) is 13.9. The highest BCUT2D eigenvalue weighted by Crippen LogP contribution is 2.16. The highest BCUT2D eigenvalue weighted by molar-refractivity contribution is 5.75. The van der Waals surface area contributed by atoms with Crippen LogP contribution in [0.3, 0.4) is 0 Å². The van der Waals surface area contributed by atoms with Gasteiger partial charge < -0.3 is 15.5 Å². The fourth-order valence-corrected chi connectivity index (χ4v) is 2.47. The van der Waals surface area contributed by atoms with Crippen molar-refractivity contribution >= 4 is 11.6 Å². The molecule has 1 aromatic heterocycles. The van der Waals surface area contributed by atoms with E-state index < -0.39 is 0 Å². The number of amides is 1. The number of carbonyl (C=O) groups is 1. The van der Waals surface area contributed by atoms with Crippen molar-refractivity contribution in [2.24, 2.45) is 5.92 Å². The maximum atomic E-state index is 11.2. The molecular formula is C13H23N5O. The van der Waals surface area contributed by atoms with Crippen molar-refractivity contribution in [3.8, 4) is 0 Å². The zero-order valence-corrected chi connectivity index (χ0v) is 11.7. The Hall–Kier alpha value is -1.56. The highest BCUT2D eigenvalue weighted by atomic mass is 16.1. The SMILES string of the molecule is CNC(=O)Cn1cc(NCC2CCCN(C)C2)cn1. The van der Waals surface area contributed by atoms with Gasteiger partial charge in [0.15, 0.2) is 0 Å². The monoisotopic (exact) mass is 265 g/mol. The average molecular weight is 265 g/mol. The van der Waals surface area contributed by atoms with Crippen molar-refractivity contribution in [1.29, 1.82) is 0 Å². The van der Waals surface area contributed by atoms with E-state index in [1.807, 2.05) is 6.20 Å². The minimum atomic E-state index is -0.0384. The van der Waals surface area contributed by atoms with E-state index in [1.54, 1.807) is 17.9 Å². The van der Waals surface area contributed by atoms with E-state index in [0.717, 1.165) is 18.8 Å². The van der Waals surface area contributed by atoms with Crippen LogP contribution in [0.25, 0.3) is 0 Å². The van der Waals surface area contributed by atoms with Crippen LogP contribution >= 0.6 is 0 Å². The van der Waals surface area contributed by atoms with E-state index in [-0.39, 0.29) is 12.5 Å². The summed E-state index contributed by atoms with van der Waals surface area (Å²) in [7, 11) is 3.80. The summed E-state index contributed by atoms with van der Waals surface area (Å²) in [6.45, 7) is 3.60. The van der Waals surface area contributed by atoms with E-state index in [1.165, 1.54) is 19.4 Å². The van der Waals surface area contributed by atoms with Gasteiger partial charge in [-0.25, -0.2) is 0 Å². The second kappa shape index (κ2) is 6.56. The molecule has 0 bridgehead atoms. The first-order valence-corrected chi connectivity index (χ1v) is 6.83. The summed E-state index contributed by atoms with van der Waals surface area (Å²) in [5.74, 6) is 0.657. The summed E-state index contributed by atoms with van der Waals surface area (Å²) in [4.78, 5) is 13.6. The maximum Gasteiger partial charge on any atom is 0.241 e. The molecule has 106 valence electrons. The molecule has 1 aromatic rings. The molecule has 2 heterocycles. The van der Waals surface area contributed by atoms with E-state index in [4.69, 9.17) is 0 Å². The Morgan fingerprint density at radius 2 is 2.42 bits per heavy atom. The van der Waals surface area contributed by atoms with Crippen molar-refractivity contribution < 1.29 is 4.79 Å². The van der Waals surface area contributed by atoms with Crippen molar-refractivity contribution in [3.63, 3.8) is 0 Å². The van der Waals surface area contributed by atoms with Crippen molar-refractivity contribution in [2.45, 2.75) is 19.4 Å². The van der Waals surface area contributed by atoms with Crippen LogP contribution in [0.4, 0.5) is 5.69 Å². The molecule has 19 heavy (non-hydrogen) atoms. The quantitative estimate of drug-likeness (QED) is 0.808. The zero-order valence-electron chi connectivity index (χ0n) is 11.7. The molecule has 1 fully saturated rings. The Morgan fingerprint density at radius 1 is 1.58 bits per heavy atom. The standard InChI is InChI=1S/C13H23N5O/c1-14-13(19)10-18-9-12(7-16-18)15-6-11-4-3-5-17(2)8-11/h7,9,11,15H,3-6,8,10H2,1-2H3,(H,14,19). The van der Waals surface area contributed by atoms with Crippen LogP contribution in [0, 0.1) is 5.92 Å². The Balaban J connectivity index is 1.78. The van der Waals surface area contributed by atoms with Gasteiger partial charge in [0, 0.05) is 26.3 Å². The van der Waals surface area contributed by atoms with Gasteiger partial charge in [-0.2, -0.15) is 5.10 Å². The number of piperidine rings is 1. The molecule has 0 aliphatic carbocycles. The van der Waals surface area contributed by atoms with Crippen molar-refractivity contribution in [1.82, 2.24) is 20.0 Å². The summed E-state index contributed by atoms with van der Waals surface area (Å²) in [6.07, 6.45) is 6.21. The number of nitrogens with zero attached hydrogens (tertiary/aromatic N) is 3. The molecule has 1 atom stereocenters. The minimum absolute atomic E-state index is 0.0384. The molecule has 6 nitrogen and oxygen atoms in total. The summed E-state index contributed by atoms with van der Waals surface area (Å²) in [6, 6.07) is 0.